The molecule has 0 amide bonds. The minimum Gasteiger partial charge on any atom is -0.377 e. The van der Waals surface area contributed by atoms with Gasteiger partial charge in [0.2, 0.25) is 0 Å². The molecule has 0 aromatic rings. The molecule has 0 radical (unpaired) electrons. The largest absolute Gasteiger partial charge is 0.377 e. The van der Waals surface area contributed by atoms with E-state index in [-0.39, 0.29) is 0 Å². The lowest BCUT2D eigenvalue weighted by Crippen LogP contribution is -2.31. The van der Waals surface area contributed by atoms with Crippen molar-refractivity contribution in [2.75, 3.05) is 26.7 Å². The van der Waals surface area contributed by atoms with E-state index in [2.05, 4.69) is 25.8 Å². The first-order chi connectivity index (χ1) is 7.09. The van der Waals surface area contributed by atoms with Gasteiger partial charge < -0.3 is 15.4 Å². The van der Waals surface area contributed by atoms with Crippen molar-refractivity contribution in [2.24, 2.45) is 11.7 Å². The van der Waals surface area contributed by atoms with Crippen LogP contribution in [0.25, 0.3) is 0 Å². The van der Waals surface area contributed by atoms with Gasteiger partial charge in [-0.15, -0.1) is 0 Å². The summed E-state index contributed by atoms with van der Waals surface area (Å²) in [5.74, 6) is 0.824. The Morgan fingerprint density at radius 2 is 2.00 bits per heavy atom. The third-order valence-electron chi connectivity index (χ3n) is 3.00. The Hall–Kier alpha value is -0.120. The summed E-state index contributed by atoms with van der Waals surface area (Å²) in [6.07, 6.45) is 4.16. The van der Waals surface area contributed by atoms with Gasteiger partial charge in [0.1, 0.15) is 0 Å². The molecule has 90 valence electrons. The zero-order chi connectivity index (χ0) is 11.3. The Labute approximate surface area is 94.0 Å². The first-order valence-electron chi connectivity index (χ1n) is 6.15. The minimum atomic E-state index is 0.340. The fraction of sp³-hybridized carbons (Fsp3) is 1.00. The van der Waals surface area contributed by atoms with Crippen molar-refractivity contribution in [1.29, 1.82) is 0 Å². The van der Waals surface area contributed by atoms with E-state index in [1.165, 1.54) is 12.8 Å². The molecule has 1 aliphatic rings. The van der Waals surface area contributed by atoms with E-state index < -0.39 is 0 Å². The molecule has 3 heteroatoms. The molecule has 15 heavy (non-hydrogen) atoms. The summed E-state index contributed by atoms with van der Waals surface area (Å²) in [4.78, 5) is 2.31. The monoisotopic (exact) mass is 214 g/mol. The molecule has 0 aliphatic heterocycles. The highest BCUT2D eigenvalue weighted by molar-refractivity contribution is 4.84. The SMILES string of the molecule is CC(C)OCCN(C)CCC(N)C1CC1. The number of likely N-dealkylation sites (N-methyl/N-ethyl adjacent to an activating group) is 1. The van der Waals surface area contributed by atoms with Crippen LogP contribution in [0, 0.1) is 5.92 Å². The fourth-order valence-corrected chi connectivity index (χ4v) is 1.69. The van der Waals surface area contributed by atoms with Gasteiger partial charge in [-0.3, -0.25) is 0 Å². The molecule has 1 unspecified atom stereocenters. The molecule has 0 heterocycles. The highest BCUT2D eigenvalue weighted by Crippen LogP contribution is 2.32. The van der Waals surface area contributed by atoms with Crippen LogP contribution in [-0.4, -0.2) is 43.8 Å². The summed E-state index contributed by atoms with van der Waals surface area (Å²) in [6, 6.07) is 0.429. The van der Waals surface area contributed by atoms with Crippen molar-refractivity contribution in [3.8, 4) is 0 Å². The van der Waals surface area contributed by atoms with Crippen molar-refractivity contribution in [2.45, 2.75) is 45.3 Å². The maximum absolute atomic E-state index is 6.05. The van der Waals surface area contributed by atoms with E-state index in [1.807, 2.05) is 0 Å². The molecular weight excluding hydrogens is 188 g/mol. The second-order valence-electron chi connectivity index (χ2n) is 5.01. The van der Waals surface area contributed by atoms with Crippen molar-refractivity contribution in [3.63, 3.8) is 0 Å². The summed E-state index contributed by atoms with van der Waals surface area (Å²) in [6.45, 7) is 7.08. The summed E-state index contributed by atoms with van der Waals surface area (Å²) in [5.41, 5.74) is 6.05. The number of nitrogens with two attached hydrogens (primary N) is 1. The van der Waals surface area contributed by atoms with Crippen LogP contribution in [0.2, 0.25) is 0 Å². The van der Waals surface area contributed by atoms with Gasteiger partial charge in [0, 0.05) is 12.6 Å². The standard InChI is InChI=1S/C12H26N2O/c1-10(2)15-9-8-14(3)7-6-12(13)11-4-5-11/h10-12H,4-9,13H2,1-3H3. The maximum Gasteiger partial charge on any atom is 0.0596 e. The van der Waals surface area contributed by atoms with Crippen molar-refractivity contribution < 1.29 is 4.74 Å². The first kappa shape index (κ1) is 12.9. The van der Waals surface area contributed by atoms with Gasteiger partial charge in [0.15, 0.2) is 0 Å². The molecule has 0 spiro atoms. The second-order valence-corrected chi connectivity index (χ2v) is 5.01. The smallest absolute Gasteiger partial charge is 0.0596 e. The van der Waals surface area contributed by atoms with E-state index in [9.17, 15) is 0 Å². The molecule has 0 aromatic carbocycles. The summed E-state index contributed by atoms with van der Waals surface area (Å²) < 4.78 is 5.51. The highest BCUT2D eigenvalue weighted by Gasteiger charge is 2.27. The maximum atomic E-state index is 6.05. The molecule has 1 fully saturated rings. The zero-order valence-electron chi connectivity index (χ0n) is 10.4. The predicted molar refractivity (Wildman–Crippen MR) is 63.9 cm³/mol. The van der Waals surface area contributed by atoms with Crippen LogP contribution in [0.15, 0.2) is 0 Å². The van der Waals surface area contributed by atoms with E-state index in [0.29, 0.717) is 12.1 Å². The quantitative estimate of drug-likeness (QED) is 0.665. The average molecular weight is 214 g/mol. The second kappa shape index (κ2) is 6.46. The third-order valence-corrected chi connectivity index (χ3v) is 3.00. The Kier molecular flexibility index (Phi) is 5.58. The van der Waals surface area contributed by atoms with E-state index in [4.69, 9.17) is 10.5 Å². The highest BCUT2D eigenvalue weighted by atomic mass is 16.5. The lowest BCUT2D eigenvalue weighted by atomic mass is 10.1. The normalized spacial score (nSPS) is 18.8. The van der Waals surface area contributed by atoms with Gasteiger partial charge in [0.25, 0.3) is 0 Å². The van der Waals surface area contributed by atoms with Crippen LogP contribution in [0.1, 0.15) is 33.1 Å². The van der Waals surface area contributed by atoms with Crippen LogP contribution in [0.5, 0.6) is 0 Å². The Morgan fingerprint density at radius 1 is 1.33 bits per heavy atom. The van der Waals surface area contributed by atoms with Gasteiger partial charge >= 0.3 is 0 Å². The van der Waals surface area contributed by atoms with Gasteiger partial charge in [0.05, 0.1) is 12.7 Å². The molecule has 2 N–H and O–H groups in total. The van der Waals surface area contributed by atoms with Crippen LogP contribution in [0.4, 0.5) is 0 Å². The summed E-state index contributed by atoms with van der Waals surface area (Å²) in [5, 5.41) is 0. The third kappa shape index (κ3) is 6.13. The molecule has 1 rings (SSSR count). The molecule has 3 nitrogen and oxygen atoms in total. The van der Waals surface area contributed by atoms with Crippen LogP contribution < -0.4 is 5.73 Å². The fourth-order valence-electron chi connectivity index (χ4n) is 1.69. The first-order valence-corrected chi connectivity index (χ1v) is 6.15. The number of hydrogen-bond acceptors (Lipinski definition) is 3. The summed E-state index contributed by atoms with van der Waals surface area (Å²) >= 11 is 0. The molecule has 1 atom stereocenters. The van der Waals surface area contributed by atoms with Gasteiger partial charge in [-0.1, -0.05) is 0 Å². The Bertz CT molecular complexity index is 169. The number of hydrogen-bond donors (Lipinski definition) is 1. The minimum absolute atomic E-state index is 0.340. The summed E-state index contributed by atoms with van der Waals surface area (Å²) in [7, 11) is 2.14. The Balaban J connectivity index is 1.95. The Morgan fingerprint density at radius 3 is 2.53 bits per heavy atom. The number of ether oxygens (including phenoxy) is 1. The van der Waals surface area contributed by atoms with E-state index in [0.717, 1.165) is 32.0 Å². The topological polar surface area (TPSA) is 38.5 Å². The van der Waals surface area contributed by atoms with Crippen molar-refractivity contribution in [1.82, 2.24) is 4.90 Å². The lowest BCUT2D eigenvalue weighted by Gasteiger charge is -2.19. The van der Waals surface area contributed by atoms with Crippen molar-refractivity contribution >= 4 is 0 Å². The average Bonchev–Trinajstić information content (AvgIpc) is 2.96. The molecule has 0 saturated heterocycles. The van der Waals surface area contributed by atoms with E-state index >= 15 is 0 Å². The number of nitrogens with zero attached hydrogens (tertiary/aromatic N) is 1. The zero-order valence-corrected chi connectivity index (χ0v) is 10.4. The van der Waals surface area contributed by atoms with Crippen LogP contribution in [0.3, 0.4) is 0 Å². The van der Waals surface area contributed by atoms with E-state index in [1.54, 1.807) is 0 Å². The van der Waals surface area contributed by atoms with Crippen LogP contribution in [-0.2, 0) is 4.74 Å². The predicted octanol–water partition coefficient (Wildman–Crippen LogP) is 1.47. The molecular formula is C12H26N2O. The lowest BCUT2D eigenvalue weighted by molar-refractivity contribution is 0.0633. The van der Waals surface area contributed by atoms with Crippen LogP contribution >= 0.6 is 0 Å². The number of rotatable bonds is 8. The van der Waals surface area contributed by atoms with Gasteiger partial charge in [-0.25, -0.2) is 0 Å². The van der Waals surface area contributed by atoms with Gasteiger partial charge in [-0.05, 0) is 52.6 Å². The molecule has 0 aromatic heterocycles. The van der Waals surface area contributed by atoms with Gasteiger partial charge in [-0.2, -0.15) is 0 Å². The molecule has 1 aliphatic carbocycles. The van der Waals surface area contributed by atoms with Crippen molar-refractivity contribution in [3.05, 3.63) is 0 Å². The molecule has 0 bridgehead atoms. The molecule has 1 saturated carbocycles.